The fourth-order valence-corrected chi connectivity index (χ4v) is 3.51. The molecule has 4 rings (SSSR count). The van der Waals surface area contributed by atoms with Gasteiger partial charge in [0.2, 0.25) is 0 Å². The molecule has 1 saturated carbocycles. The maximum absolute atomic E-state index is 14.3. The van der Waals surface area contributed by atoms with Gasteiger partial charge in [-0.05, 0) is 61.9 Å². The van der Waals surface area contributed by atoms with Crippen LogP contribution in [0, 0.1) is 16.4 Å². The highest BCUT2D eigenvalue weighted by atomic mass is 32.1. The second-order valence-corrected chi connectivity index (χ2v) is 7.33. The van der Waals surface area contributed by atoms with Crippen LogP contribution < -0.4 is 0 Å². The maximum atomic E-state index is 14.3. The Balaban J connectivity index is 1.62. The molecule has 0 amide bonds. The summed E-state index contributed by atoms with van der Waals surface area (Å²) in [5, 5.41) is 4.63. The van der Waals surface area contributed by atoms with Crippen LogP contribution >= 0.6 is 12.2 Å². The molecule has 1 aliphatic rings. The van der Waals surface area contributed by atoms with E-state index in [4.69, 9.17) is 12.2 Å². The van der Waals surface area contributed by atoms with Gasteiger partial charge in [-0.3, -0.25) is 9.47 Å². The van der Waals surface area contributed by atoms with E-state index in [1.54, 1.807) is 35.0 Å². The minimum Gasteiger partial charge on any atom is -0.297 e. The molecule has 0 aliphatic heterocycles. The lowest BCUT2D eigenvalue weighted by Crippen LogP contribution is -2.22. The highest BCUT2D eigenvalue weighted by Crippen LogP contribution is 2.39. The molecule has 1 heterocycles. The number of nitrogens with zero attached hydrogens (tertiary/aromatic N) is 4. The molecule has 27 heavy (non-hydrogen) atoms. The molecule has 0 atom stereocenters. The highest BCUT2D eigenvalue weighted by molar-refractivity contribution is 7.71. The number of benzene rings is 2. The SMILES string of the molecule is CN(Cc1ccc(F)cc1)Cn1nc(-c2ccccc2F)n(C2CC2)c1=S. The molecule has 7 heteroatoms. The predicted octanol–water partition coefficient (Wildman–Crippen LogP) is 4.78. The second-order valence-electron chi connectivity index (χ2n) is 6.97. The molecule has 1 fully saturated rings. The van der Waals surface area contributed by atoms with Crippen LogP contribution in [0.5, 0.6) is 0 Å². The predicted molar refractivity (Wildman–Crippen MR) is 103 cm³/mol. The van der Waals surface area contributed by atoms with Crippen molar-refractivity contribution in [3.63, 3.8) is 0 Å². The zero-order valence-corrected chi connectivity index (χ0v) is 15.8. The number of hydrogen-bond donors (Lipinski definition) is 0. The molecule has 1 aromatic heterocycles. The Labute approximate surface area is 161 Å². The number of rotatable bonds is 6. The Bertz CT molecular complexity index is 1010. The normalized spacial score (nSPS) is 14.1. The Morgan fingerprint density at radius 3 is 2.48 bits per heavy atom. The minimum absolute atomic E-state index is 0.249. The molecule has 0 saturated heterocycles. The average molecular weight is 386 g/mol. The van der Waals surface area contributed by atoms with E-state index in [1.807, 2.05) is 16.5 Å². The molecule has 0 N–H and O–H groups in total. The van der Waals surface area contributed by atoms with Crippen LogP contribution in [0.4, 0.5) is 8.78 Å². The summed E-state index contributed by atoms with van der Waals surface area (Å²) in [7, 11) is 1.95. The number of aromatic nitrogens is 3. The molecule has 0 unspecified atom stereocenters. The lowest BCUT2D eigenvalue weighted by atomic mass is 10.2. The van der Waals surface area contributed by atoms with E-state index >= 15 is 0 Å². The van der Waals surface area contributed by atoms with E-state index in [-0.39, 0.29) is 11.6 Å². The van der Waals surface area contributed by atoms with Crippen molar-refractivity contribution in [1.29, 1.82) is 0 Å². The second kappa shape index (κ2) is 7.32. The van der Waals surface area contributed by atoms with E-state index < -0.39 is 0 Å². The topological polar surface area (TPSA) is 26.0 Å². The Kier molecular flexibility index (Phi) is 4.88. The molecular formula is C20H20F2N4S. The number of hydrogen-bond acceptors (Lipinski definition) is 3. The van der Waals surface area contributed by atoms with Crippen LogP contribution in [0.3, 0.4) is 0 Å². The van der Waals surface area contributed by atoms with Crippen molar-refractivity contribution in [2.24, 2.45) is 0 Å². The highest BCUT2D eigenvalue weighted by Gasteiger charge is 2.30. The average Bonchev–Trinajstić information content (AvgIpc) is 3.43. The van der Waals surface area contributed by atoms with Crippen LogP contribution in [0.2, 0.25) is 0 Å². The van der Waals surface area contributed by atoms with Crippen LogP contribution in [0.15, 0.2) is 48.5 Å². The van der Waals surface area contributed by atoms with Crippen molar-refractivity contribution in [2.45, 2.75) is 32.1 Å². The molecule has 4 nitrogen and oxygen atoms in total. The van der Waals surface area contributed by atoms with Gasteiger partial charge in [0, 0.05) is 12.6 Å². The summed E-state index contributed by atoms with van der Waals surface area (Å²) in [5.41, 5.74) is 1.47. The molecule has 1 aliphatic carbocycles. The van der Waals surface area contributed by atoms with Crippen LogP contribution in [-0.4, -0.2) is 26.3 Å². The summed E-state index contributed by atoms with van der Waals surface area (Å²) in [4.78, 5) is 2.04. The molecule has 0 radical (unpaired) electrons. The van der Waals surface area contributed by atoms with Gasteiger partial charge in [0.15, 0.2) is 10.6 Å². The number of halogens is 2. The van der Waals surface area contributed by atoms with Gasteiger partial charge in [0.05, 0.1) is 12.2 Å². The summed E-state index contributed by atoms with van der Waals surface area (Å²) >= 11 is 5.64. The smallest absolute Gasteiger partial charge is 0.199 e. The summed E-state index contributed by atoms with van der Waals surface area (Å²) in [6.45, 7) is 1.10. The molecule has 3 aromatic rings. The molecule has 0 bridgehead atoms. The Hall–Kier alpha value is -2.38. The van der Waals surface area contributed by atoms with E-state index in [0.717, 1.165) is 18.4 Å². The van der Waals surface area contributed by atoms with Gasteiger partial charge in [-0.25, -0.2) is 13.5 Å². The molecule has 2 aromatic carbocycles. The lowest BCUT2D eigenvalue weighted by Gasteiger charge is -2.16. The van der Waals surface area contributed by atoms with E-state index in [0.29, 0.717) is 35.4 Å². The third kappa shape index (κ3) is 3.84. The van der Waals surface area contributed by atoms with Gasteiger partial charge in [0.1, 0.15) is 11.6 Å². The molecular weight excluding hydrogens is 366 g/mol. The van der Waals surface area contributed by atoms with Gasteiger partial charge < -0.3 is 0 Å². The van der Waals surface area contributed by atoms with Crippen molar-refractivity contribution in [2.75, 3.05) is 7.05 Å². The quantitative estimate of drug-likeness (QED) is 0.570. The van der Waals surface area contributed by atoms with Gasteiger partial charge >= 0.3 is 0 Å². The van der Waals surface area contributed by atoms with Crippen LogP contribution in [0.25, 0.3) is 11.4 Å². The van der Waals surface area contributed by atoms with Crippen LogP contribution in [-0.2, 0) is 13.2 Å². The van der Waals surface area contributed by atoms with E-state index in [2.05, 4.69) is 5.10 Å². The lowest BCUT2D eigenvalue weighted by molar-refractivity contribution is 0.243. The first-order chi connectivity index (χ1) is 13.0. The summed E-state index contributed by atoms with van der Waals surface area (Å²) in [6, 6.07) is 13.4. The van der Waals surface area contributed by atoms with Gasteiger partial charge in [0.25, 0.3) is 0 Å². The first-order valence-corrected chi connectivity index (χ1v) is 9.31. The first-order valence-electron chi connectivity index (χ1n) is 8.90. The third-order valence-corrected chi connectivity index (χ3v) is 5.05. The van der Waals surface area contributed by atoms with Crippen molar-refractivity contribution in [3.05, 3.63) is 70.5 Å². The Morgan fingerprint density at radius 2 is 1.81 bits per heavy atom. The molecule has 140 valence electrons. The van der Waals surface area contributed by atoms with E-state index in [1.165, 1.54) is 18.2 Å². The largest absolute Gasteiger partial charge is 0.297 e. The van der Waals surface area contributed by atoms with Gasteiger partial charge in [-0.2, -0.15) is 5.10 Å². The fraction of sp³-hybridized carbons (Fsp3) is 0.300. The summed E-state index contributed by atoms with van der Waals surface area (Å²) in [6.07, 6.45) is 2.07. The fourth-order valence-electron chi connectivity index (χ4n) is 3.18. The summed E-state index contributed by atoms with van der Waals surface area (Å²) < 4.78 is 31.7. The van der Waals surface area contributed by atoms with Crippen molar-refractivity contribution < 1.29 is 8.78 Å². The zero-order valence-electron chi connectivity index (χ0n) is 15.0. The maximum Gasteiger partial charge on any atom is 0.199 e. The third-order valence-electron chi connectivity index (χ3n) is 4.64. The summed E-state index contributed by atoms with van der Waals surface area (Å²) in [5.74, 6) is 0.0309. The zero-order chi connectivity index (χ0) is 19.0. The molecule has 0 spiro atoms. The minimum atomic E-state index is -0.300. The van der Waals surface area contributed by atoms with E-state index in [9.17, 15) is 8.78 Å². The first kappa shape index (κ1) is 18.0. The van der Waals surface area contributed by atoms with Gasteiger partial charge in [-0.15, -0.1) is 0 Å². The van der Waals surface area contributed by atoms with Gasteiger partial charge in [-0.1, -0.05) is 24.3 Å². The van der Waals surface area contributed by atoms with Crippen LogP contribution in [0.1, 0.15) is 24.4 Å². The van der Waals surface area contributed by atoms with Crippen molar-refractivity contribution in [1.82, 2.24) is 19.2 Å². The Morgan fingerprint density at radius 1 is 1.11 bits per heavy atom. The standard InChI is InChI=1S/C20H20F2N4S/c1-24(12-14-6-8-15(21)9-7-14)13-25-20(27)26(16-10-11-16)19(23-25)17-4-2-3-5-18(17)22/h2-9,16H,10-13H2,1H3. The van der Waals surface area contributed by atoms with Crippen molar-refractivity contribution in [3.8, 4) is 11.4 Å². The van der Waals surface area contributed by atoms with Crippen molar-refractivity contribution >= 4 is 12.2 Å². The monoisotopic (exact) mass is 386 g/mol.